The second-order valence-electron chi connectivity index (χ2n) is 10.3. The molecule has 0 aliphatic rings. The lowest BCUT2D eigenvalue weighted by atomic mass is 9.79. The zero-order valence-electron chi connectivity index (χ0n) is 21.8. The van der Waals surface area contributed by atoms with Crippen molar-refractivity contribution in [3.63, 3.8) is 0 Å². The first-order valence-electron chi connectivity index (χ1n) is 12.1. The molecule has 0 aromatic heterocycles. The molecule has 6 heteroatoms. The predicted octanol–water partition coefficient (Wildman–Crippen LogP) is 5.40. The van der Waals surface area contributed by atoms with Crippen LogP contribution < -0.4 is 20.7 Å². The fraction of sp³-hybridized carbons (Fsp3) is 0.500. The maximum atomic E-state index is 12.1. The topological polar surface area (TPSA) is 79.5 Å². The van der Waals surface area contributed by atoms with Crippen molar-refractivity contribution in [3.8, 4) is 16.9 Å². The summed E-state index contributed by atoms with van der Waals surface area (Å²) in [7, 11) is 1.69. The molecule has 3 N–H and O–H groups in total. The van der Waals surface area contributed by atoms with Gasteiger partial charge in [0.05, 0.1) is 7.11 Å². The summed E-state index contributed by atoms with van der Waals surface area (Å²) < 4.78 is 5.76. The highest BCUT2D eigenvalue weighted by molar-refractivity contribution is 5.81. The molecule has 0 fully saturated rings. The van der Waals surface area contributed by atoms with Crippen LogP contribution in [0, 0.1) is 5.41 Å². The van der Waals surface area contributed by atoms with Gasteiger partial charge >= 0.3 is 6.03 Å². The van der Waals surface area contributed by atoms with Gasteiger partial charge in [-0.25, -0.2) is 4.79 Å². The SMILES string of the molecule is CCNC(=O)NCc1cccc(-c2ccc(C(C)(C)CCCNC(=O)C(C)(C)C)cc2OC)c1. The van der Waals surface area contributed by atoms with Crippen molar-refractivity contribution in [2.45, 2.75) is 66.3 Å². The average molecular weight is 468 g/mol. The fourth-order valence-electron chi connectivity index (χ4n) is 3.75. The Morgan fingerprint density at radius 1 is 0.941 bits per heavy atom. The highest BCUT2D eigenvalue weighted by Gasteiger charge is 2.24. The summed E-state index contributed by atoms with van der Waals surface area (Å²) in [5.74, 6) is 0.903. The number of urea groups is 1. The first-order valence-corrected chi connectivity index (χ1v) is 12.1. The third-order valence-corrected chi connectivity index (χ3v) is 5.96. The molecule has 0 radical (unpaired) electrons. The van der Waals surface area contributed by atoms with Crippen LogP contribution in [0.2, 0.25) is 0 Å². The number of amides is 3. The Balaban J connectivity index is 2.11. The number of benzene rings is 2. The van der Waals surface area contributed by atoms with Crippen molar-refractivity contribution in [2.24, 2.45) is 5.41 Å². The van der Waals surface area contributed by atoms with Crippen LogP contribution in [0.4, 0.5) is 4.79 Å². The molecule has 34 heavy (non-hydrogen) atoms. The largest absolute Gasteiger partial charge is 0.496 e. The number of rotatable bonds is 10. The van der Waals surface area contributed by atoms with Crippen LogP contribution >= 0.6 is 0 Å². The zero-order valence-corrected chi connectivity index (χ0v) is 21.8. The van der Waals surface area contributed by atoms with E-state index in [0.717, 1.165) is 35.3 Å². The fourth-order valence-corrected chi connectivity index (χ4v) is 3.75. The van der Waals surface area contributed by atoms with Crippen molar-refractivity contribution in [2.75, 3.05) is 20.2 Å². The second-order valence-corrected chi connectivity index (χ2v) is 10.3. The van der Waals surface area contributed by atoms with Gasteiger partial charge in [-0.3, -0.25) is 4.79 Å². The Labute approximate surface area is 204 Å². The molecule has 0 heterocycles. The molecule has 2 rings (SSSR count). The summed E-state index contributed by atoms with van der Waals surface area (Å²) in [5, 5.41) is 8.64. The molecule has 6 nitrogen and oxygen atoms in total. The van der Waals surface area contributed by atoms with E-state index in [1.807, 2.05) is 39.8 Å². The van der Waals surface area contributed by atoms with E-state index in [2.05, 4.69) is 60.1 Å². The quantitative estimate of drug-likeness (QED) is 0.409. The number of hydrogen-bond donors (Lipinski definition) is 3. The molecular formula is C28H41N3O3. The van der Waals surface area contributed by atoms with Gasteiger partial charge in [0.15, 0.2) is 0 Å². The van der Waals surface area contributed by atoms with Crippen molar-refractivity contribution < 1.29 is 14.3 Å². The predicted molar refractivity (Wildman–Crippen MR) is 139 cm³/mol. The van der Waals surface area contributed by atoms with Crippen LogP contribution in [0.25, 0.3) is 11.1 Å². The van der Waals surface area contributed by atoms with Gasteiger partial charge in [-0.1, -0.05) is 65.0 Å². The van der Waals surface area contributed by atoms with E-state index in [9.17, 15) is 9.59 Å². The Hall–Kier alpha value is -3.02. The molecule has 2 aromatic rings. The highest BCUT2D eigenvalue weighted by atomic mass is 16.5. The monoisotopic (exact) mass is 467 g/mol. The van der Waals surface area contributed by atoms with E-state index in [0.29, 0.717) is 19.6 Å². The molecule has 0 aliphatic heterocycles. The molecule has 186 valence electrons. The molecule has 0 spiro atoms. The number of carbonyl (C=O) groups excluding carboxylic acids is 2. The maximum Gasteiger partial charge on any atom is 0.315 e. The lowest BCUT2D eigenvalue weighted by molar-refractivity contribution is -0.128. The van der Waals surface area contributed by atoms with Crippen LogP contribution in [-0.4, -0.2) is 32.1 Å². The van der Waals surface area contributed by atoms with Crippen molar-refractivity contribution in [3.05, 3.63) is 53.6 Å². The van der Waals surface area contributed by atoms with Crippen LogP contribution in [0.3, 0.4) is 0 Å². The minimum absolute atomic E-state index is 0.0589. The van der Waals surface area contributed by atoms with Gasteiger partial charge in [0, 0.05) is 30.6 Å². The van der Waals surface area contributed by atoms with Gasteiger partial charge in [0.25, 0.3) is 0 Å². The molecule has 0 bridgehead atoms. The summed E-state index contributed by atoms with van der Waals surface area (Å²) >= 11 is 0. The molecule has 0 saturated carbocycles. The smallest absolute Gasteiger partial charge is 0.315 e. The molecular weight excluding hydrogens is 426 g/mol. The Kier molecular flexibility index (Phi) is 9.54. The molecule has 3 amide bonds. The lowest BCUT2D eigenvalue weighted by Gasteiger charge is -2.27. The number of ether oxygens (including phenoxy) is 1. The molecule has 0 aliphatic carbocycles. The first-order chi connectivity index (χ1) is 16.0. The number of carbonyl (C=O) groups is 2. The zero-order chi connectivity index (χ0) is 25.4. The number of methoxy groups -OCH3 is 1. The second kappa shape index (κ2) is 11.9. The third-order valence-electron chi connectivity index (χ3n) is 5.96. The standard InChI is InChI=1S/C28H41N3O3/c1-8-29-26(33)31-19-20-11-9-12-21(17-20)23-14-13-22(18-24(23)34-7)28(5,6)15-10-16-30-25(32)27(2,3)4/h9,11-14,17-18H,8,10,15-16,19H2,1-7H3,(H,30,32)(H2,29,31,33). The molecule has 2 aromatic carbocycles. The van der Waals surface area contributed by atoms with Gasteiger partial charge in [0.1, 0.15) is 5.75 Å². The van der Waals surface area contributed by atoms with Crippen molar-refractivity contribution >= 4 is 11.9 Å². The van der Waals surface area contributed by atoms with Crippen LogP contribution in [-0.2, 0) is 16.8 Å². The summed E-state index contributed by atoms with van der Waals surface area (Å²) in [6, 6.07) is 14.3. The van der Waals surface area contributed by atoms with Gasteiger partial charge in [-0.05, 0) is 54.0 Å². The van der Waals surface area contributed by atoms with E-state index >= 15 is 0 Å². The Morgan fingerprint density at radius 2 is 1.68 bits per heavy atom. The van der Waals surface area contributed by atoms with Gasteiger partial charge in [-0.2, -0.15) is 0 Å². The Bertz CT molecular complexity index is 977. The van der Waals surface area contributed by atoms with E-state index in [4.69, 9.17) is 4.74 Å². The maximum absolute atomic E-state index is 12.1. The normalized spacial score (nSPS) is 11.6. The third kappa shape index (κ3) is 7.79. The van der Waals surface area contributed by atoms with E-state index in [-0.39, 0.29) is 22.8 Å². The van der Waals surface area contributed by atoms with Crippen molar-refractivity contribution in [1.29, 1.82) is 0 Å². The van der Waals surface area contributed by atoms with E-state index in [1.165, 1.54) is 5.56 Å². The average Bonchev–Trinajstić information content (AvgIpc) is 2.79. The molecule has 0 saturated heterocycles. The Morgan fingerprint density at radius 3 is 2.32 bits per heavy atom. The lowest BCUT2D eigenvalue weighted by Crippen LogP contribution is -2.35. The number of hydrogen-bond acceptors (Lipinski definition) is 3. The summed E-state index contributed by atoms with van der Waals surface area (Å²) in [4.78, 5) is 23.8. The van der Waals surface area contributed by atoms with Crippen LogP contribution in [0.5, 0.6) is 5.75 Å². The number of nitrogens with one attached hydrogen (secondary N) is 3. The molecule has 0 unspecified atom stereocenters. The van der Waals surface area contributed by atoms with Crippen molar-refractivity contribution in [1.82, 2.24) is 16.0 Å². The molecule has 0 atom stereocenters. The first kappa shape index (κ1) is 27.2. The minimum atomic E-state index is -0.367. The van der Waals surface area contributed by atoms with E-state index in [1.54, 1.807) is 7.11 Å². The van der Waals surface area contributed by atoms with Crippen LogP contribution in [0.15, 0.2) is 42.5 Å². The summed E-state index contributed by atoms with van der Waals surface area (Å²) in [5.41, 5.74) is 3.85. The van der Waals surface area contributed by atoms with Gasteiger partial charge in [0.2, 0.25) is 5.91 Å². The summed E-state index contributed by atoms with van der Waals surface area (Å²) in [6.45, 7) is 13.8. The van der Waals surface area contributed by atoms with Crippen LogP contribution in [0.1, 0.15) is 65.5 Å². The van der Waals surface area contributed by atoms with Gasteiger partial charge in [-0.15, -0.1) is 0 Å². The van der Waals surface area contributed by atoms with E-state index < -0.39 is 0 Å². The minimum Gasteiger partial charge on any atom is -0.496 e. The highest BCUT2D eigenvalue weighted by Crippen LogP contribution is 2.36. The van der Waals surface area contributed by atoms with Gasteiger partial charge < -0.3 is 20.7 Å². The summed E-state index contributed by atoms with van der Waals surface area (Å²) in [6.07, 6.45) is 1.85.